The predicted molar refractivity (Wildman–Crippen MR) is 89.1 cm³/mol. The lowest BCUT2D eigenvalue weighted by Gasteiger charge is -2.19. The molecule has 1 aromatic carbocycles. The molecule has 23 heavy (non-hydrogen) atoms. The lowest BCUT2D eigenvalue weighted by atomic mass is 10.2. The number of aliphatic imine (C=N–C) groups is 1. The van der Waals surface area contributed by atoms with Crippen molar-refractivity contribution in [2.75, 3.05) is 31.8 Å². The van der Waals surface area contributed by atoms with Crippen LogP contribution in [0.15, 0.2) is 53.8 Å². The fourth-order valence-corrected chi connectivity index (χ4v) is 2.42. The number of carbonyl (C=O) groups excluding carboxylic acids is 1. The summed E-state index contributed by atoms with van der Waals surface area (Å²) in [6.07, 6.45) is 5.15. The van der Waals surface area contributed by atoms with Crippen molar-refractivity contribution in [1.82, 2.24) is 9.88 Å². The van der Waals surface area contributed by atoms with Crippen LogP contribution in [-0.2, 0) is 0 Å². The molecule has 0 unspecified atom stereocenters. The molecule has 118 valence electrons. The molecule has 0 atom stereocenters. The van der Waals surface area contributed by atoms with E-state index in [2.05, 4.69) is 9.98 Å². The number of hydrogen-bond acceptors (Lipinski definition) is 4. The molecule has 0 radical (unpaired) electrons. The van der Waals surface area contributed by atoms with Gasteiger partial charge in [-0.3, -0.25) is 19.8 Å². The number of amides is 2. The molecule has 0 N–H and O–H groups in total. The summed E-state index contributed by atoms with van der Waals surface area (Å²) in [5.74, 6) is 0.730. The Bertz CT molecular complexity index is 685. The van der Waals surface area contributed by atoms with Crippen molar-refractivity contribution in [3.05, 3.63) is 54.4 Å². The van der Waals surface area contributed by atoms with Crippen molar-refractivity contribution in [1.29, 1.82) is 0 Å². The van der Waals surface area contributed by atoms with E-state index in [-0.39, 0.29) is 12.8 Å². The van der Waals surface area contributed by atoms with E-state index in [1.807, 2.05) is 36.4 Å². The second-order valence-corrected chi connectivity index (χ2v) is 5.13. The first kappa shape index (κ1) is 15.0. The zero-order valence-corrected chi connectivity index (χ0v) is 12.9. The van der Waals surface area contributed by atoms with E-state index in [1.54, 1.807) is 35.5 Å². The van der Waals surface area contributed by atoms with Gasteiger partial charge in [-0.05, 0) is 42.0 Å². The maximum Gasteiger partial charge on any atom is 0.327 e. The first-order valence-corrected chi connectivity index (χ1v) is 7.39. The molecule has 1 fully saturated rings. The van der Waals surface area contributed by atoms with Gasteiger partial charge in [-0.2, -0.15) is 0 Å². The molecular formula is C17H18N4O2. The fraction of sp³-hybridized carbons (Fsp3) is 0.235. The summed E-state index contributed by atoms with van der Waals surface area (Å²) in [5.41, 5.74) is 1.87. The van der Waals surface area contributed by atoms with Crippen LogP contribution in [0.1, 0.15) is 5.56 Å². The molecule has 1 saturated heterocycles. The maximum absolute atomic E-state index is 12.4. The Morgan fingerprint density at radius 3 is 2.61 bits per heavy atom. The van der Waals surface area contributed by atoms with Gasteiger partial charge in [0.1, 0.15) is 5.75 Å². The molecule has 0 bridgehead atoms. The molecule has 0 spiro atoms. The largest absolute Gasteiger partial charge is 0.473 e. The van der Waals surface area contributed by atoms with Crippen molar-refractivity contribution in [3.63, 3.8) is 0 Å². The molecule has 1 aliphatic rings. The van der Waals surface area contributed by atoms with E-state index in [9.17, 15) is 4.79 Å². The van der Waals surface area contributed by atoms with Crippen LogP contribution in [0.2, 0.25) is 0 Å². The quantitative estimate of drug-likeness (QED) is 0.797. The highest BCUT2D eigenvalue weighted by Gasteiger charge is 2.29. The van der Waals surface area contributed by atoms with Gasteiger partial charge in [-0.25, -0.2) is 4.79 Å². The monoisotopic (exact) mass is 310 g/mol. The van der Waals surface area contributed by atoms with E-state index < -0.39 is 0 Å². The van der Waals surface area contributed by atoms with Crippen molar-refractivity contribution in [2.24, 2.45) is 4.99 Å². The fourth-order valence-electron chi connectivity index (χ4n) is 2.42. The maximum atomic E-state index is 12.4. The summed E-state index contributed by atoms with van der Waals surface area (Å²) in [4.78, 5) is 23.7. The summed E-state index contributed by atoms with van der Waals surface area (Å²) in [6, 6.07) is 11.2. The first-order valence-electron chi connectivity index (χ1n) is 7.39. The van der Waals surface area contributed by atoms with E-state index in [4.69, 9.17) is 4.74 Å². The van der Waals surface area contributed by atoms with E-state index in [0.29, 0.717) is 13.1 Å². The number of pyridine rings is 1. The summed E-state index contributed by atoms with van der Waals surface area (Å²) in [6.45, 7) is 1.53. The summed E-state index contributed by atoms with van der Waals surface area (Å²) < 4.78 is 5.70. The van der Waals surface area contributed by atoms with Crippen molar-refractivity contribution < 1.29 is 9.53 Å². The highest BCUT2D eigenvalue weighted by Crippen LogP contribution is 2.19. The zero-order chi connectivity index (χ0) is 16.1. The Morgan fingerprint density at radius 2 is 1.91 bits per heavy atom. The van der Waals surface area contributed by atoms with Gasteiger partial charge < -0.3 is 4.74 Å². The molecule has 6 heteroatoms. The van der Waals surface area contributed by atoms with Crippen LogP contribution in [0.4, 0.5) is 10.5 Å². The average molecular weight is 310 g/mol. The first-order chi connectivity index (χ1) is 11.3. The Hall–Kier alpha value is -2.89. The third-order valence-corrected chi connectivity index (χ3v) is 3.61. The number of ether oxygens (including phenoxy) is 1. The van der Waals surface area contributed by atoms with Crippen LogP contribution < -0.4 is 9.64 Å². The van der Waals surface area contributed by atoms with Crippen LogP contribution in [0.25, 0.3) is 0 Å². The zero-order valence-electron chi connectivity index (χ0n) is 12.9. The van der Waals surface area contributed by atoms with Gasteiger partial charge in [-0.15, -0.1) is 0 Å². The number of benzene rings is 1. The number of urea groups is 1. The Labute approximate surface area is 135 Å². The summed E-state index contributed by atoms with van der Waals surface area (Å²) >= 11 is 0. The van der Waals surface area contributed by atoms with Crippen molar-refractivity contribution in [2.45, 2.75) is 0 Å². The highest BCUT2D eigenvalue weighted by atomic mass is 16.5. The summed E-state index contributed by atoms with van der Waals surface area (Å²) in [5, 5.41) is 0. The number of aromatic nitrogens is 1. The number of nitrogens with zero attached hydrogens (tertiary/aromatic N) is 4. The SMILES string of the molecule is CN=Cc1ccc(OCN2CCN(c3ccncc3)C2=O)cc1. The van der Waals surface area contributed by atoms with Gasteiger partial charge in [0.2, 0.25) is 0 Å². The minimum absolute atomic E-state index is 0.0501. The third-order valence-electron chi connectivity index (χ3n) is 3.61. The van der Waals surface area contributed by atoms with Crippen LogP contribution in [0.3, 0.4) is 0 Å². The van der Waals surface area contributed by atoms with Crippen LogP contribution >= 0.6 is 0 Å². The molecule has 1 aromatic heterocycles. The van der Waals surface area contributed by atoms with Crippen molar-refractivity contribution >= 4 is 17.9 Å². The molecular weight excluding hydrogens is 292 g/mol. The Kier molecular flexibility index (Phi) is 4.52. The number of anilines is 1. The van der Waals surface area contributed by atoms with Crippen LogP contribution in [0, 0.1) is 0 Å². The van der Waals surface area contributed by atoms with Gasteiger partial charge in [0.25, 0.3) is 0 Å². The van der Waals surface area contributed by atoms with Gasteiger partial charge in [0.15, 0.2) is 6.73 Å². The molecule has 3 rings (SSSR count). The topological polar surface area (TPSA) is 58.0 Å². The highest BCUT2D eigenvalue weighted by molar-refractivity contribution is 5.93. The number of carbonyl (C=O) groups is 1. The van der Waals surface area contributed by atoms with E-state index in [0.717, 1.165) is 17.0 Å². The molecule has 2 heterocycles. The standard InChI is InChI=1S/C17H18N4O2/c1-18-12-14-2-4-16(5-3-14)23-13-20-10-11-21(17(20)22)15-6-8-19-9-7-15/h2-9,12H,10-11,13H2,1H3. The lowest BCUT2D eigenvalue weighted by molar-refractivity contribution is 0.158. The van der Waals surface area contributed by atoms with Crippen LogP contribution in [-0.4, -0.2) is 49.0 Å². The molecule has 1 aliphatic heterocycles. The Morgan fingerprint density at radius 1 is 1.17 bits per heavy atom. The molecule has 2 amide bonds. The van der Waals surface area contributed by atoms with Gasteiger partial charge in [-0.1, -0.05) is 0 Å². The van der Waals surface area contributed by atoms with Crippen molar-refractivity contribution in [3.8, 4) is 5.75 Å². The molecule has 2 aromatic rings. The minimum atomic E-state index is -0.0501. The lowest BCUT2D eigenvalue weighted by Crippen LogP contribution is -2.34. The minimum Gasteiger partial charge on any atom is -0.473 e. The molecule has 0 aliphatic carbocycles. The predicted octanol–water partition coefficient (Wildman–Crippen LogP) is 2.41. The normalized spacial score (nSPS) is 14.7. The molecule has 0 saturated carbocycles. The number of rotatable bonds is 5. The van der Waals surface area contributed by atoms with Gasteiger partial charge >= 0.3 is 6.03 Å². The second kappa shape index (κ2) is 6.91. The smallest absolute Gasteiger partial charge is 0.327 e. The van der Waals surface area contributed by atoms with E-state index in [1.165, 1.54) is 0 Å². The number of hydrogen-bond donors (Lipinski definition) is 0. The molecule has 6 nitrogen and oxygen atoms in total. The Balaban J connectivity index is 1.58. The van der Waals surface area contributed by atoms with Gasteiger partial charge in [0, 0.05) is 44.4 Å². The van der Waals surface area contributed by atoms with Crippen LogP contribution in [0.5, 0.6) is 5.75 Å². The van der Waals surface area contributed by atoms with Gasteiger partial charge in [0.05, 0.1) is 0 Å². The second-order valence-electron chi connectivity index (χ2n) is 5.13. The average Bonchev–Trinajstić information content (AvgIpc) is 2.96. The third kappa shape index (κ3) is 3.48. The summed E-state index contributed by atoms with van der Waals surface area (Å²) in [7, 11) is 1.73. The van der Waals surface area contributed by atoms with E-state index >= 15 is 0 Å².